The van der Waals surface area contributed by atoms with E-state index >= 15 is 0 Å². The third-order valence-corrected chi connectivity index (χ3v) is 4.92. The maximum atomic E-state index is 13.7. The van der Waals surface area contributed by atoms with Crippen molar-refractivity contribution in [3.63, 3.8) is 0 Å². The summed E-state index contributed by atoms with van der Waals surface area (Å²) in [7, 11) is 0. The van der Waals surface area contributed by atoms with Crippen LogP contribution in [0.3, 0.4) is 0 Å². The molecule has 148 valence electrons. The van der Waals surface area contributed by atoms with Crippen molar-refractivity contribution in [2.24, 2.45) is 11.7 Å². The lowest BCUT2D eigenvalue weighted by molar-refractivity contribution is -0.126. The zero-order valence-electron chi connectivity index (χ0n) is 15.6. The van der Waals surface area contributed by atoms with E-state index in [0.29, 0.717) is 32.5 Å². The quantitative estimate of drug-likeness (QED) is 0.741. The van der Waals surface area contributed by atoms with Gasteiger partial charge in [-0.15, -0.1) is 0 Å². The molecule has 1 aliphatic rings. The summed E-state index contributed by atoms with van der Waals surface area (Å²) in [6.45, 7) is 1.17. The summed E-state index contributed by atoms with van der Waals surface area (Å²) in [6, 6.07) is 14.9. The Labute approximate surface area is 163 Å². The number of rotatable bonds is 5. The fourth-order valence-corrected chi connectivity index (χ4v) is 3.31. The summed E-state index contributed by atoms with van der Waals surface area (Å²) >= 11 is 0. The number of hydrogen-bond acceptors (Lipinski definition) is 3. The van der Waals surface area contributed by atoms with Crippen LogP contribution in [0.2, 0.25) is 0 Å². The Morgan fingerprint density at radius 2 is 1.86 bits per heavy atom. The van der Waals surface area contributed by atoms with Crippen molar-refractivity contribution in [2.45, 2.75) is 18.9 Å². The maximum absolute atomic E-state index is 13.7. The fraction of sp³-hybridized carbons (Fsp3) is 0.333. The van der Waals surface area contributed by atoms with Crippen LogP contribution in [0.15, 0.2) is 54.6 Å². The number of nitrogens with two attached hydrogens (primary N) is 1. The highest BCUT2D eigenvalue weighted by atomic mass is 19.1. The van der Waals surface area contributed by atoms with Crippen LogP contribution in [-0.2, 0) is 4.79 Å². The minimum absolute atomic E-state index is 0.116. The minimum atomic E-state index is -0.489. The molecule has 0 bridgehead atoms. The Morgan fingerprint density at radius 1 is 1.14 bits per heavy atom. The number of nitrogens with zero attached hydrogens (tertiary/aromatic N) is 1. The van der Waals surface area contributed by atoms with Crippen LogP contribution in [0.4, 0.5) is 14.9 Å². The summed E-state index contributed by atoms with van der Waals surface area (Å²) in [5.41, 5.74) is 7.21. The van der Waals surface area contributed by atoms with Gasteiger partial charge in [0, 0.05) is 25.7 Å². The molecule has 0 saturated carbocycles. The zero-order valence-corrected chi connectivity index (χ0v) is 15.6. The van der Waals surface area contributed by atoms with Crippen molar-refractivity contribution < 1.29 is 14.0 Å². The van der Waals surface area contributed by atoms with Crippen LogP contribution in [0.25, 0.3) is 0 Å². The Balaban J connectivity index is 1.51. The first-order chi connectivity index (χ1) is 13.5. The van der Waals surface area contributed by atoms with E-state index < -0.39 is 11.8 Å². The van der Waals surface area contributed by atoms with Crippen LogP contribution in [0, 0.1) is 11.7 Å². The minimum Gasteiger partial charge on any atom is -0.354 e. The number of nitrogens with one attached hydrogen (secondary N) is 2. The molecule has 0 radical (unpaired) electrons. The third-order valence-electron chi connectivity index (χ3n) is 4.92. The van der Waals surface area contributed by atoms with Gasteiger partial charge in [-0.1, -0.05) is 42.5 Å². The van der Waals surface area contributed by atoms with Crippen molar-refractivity contribution in [2.75, 3.05) is 25.0 Å². The Kier molecular flexibility index (Phi) is 6.60. The number of carbonyl (C=O) groups is 2. The summed E-state index contributed by atoms with van der Waals surface area (Å²) in [6.07, 6.45) is 1.42. The van der Waals surface area contributed by atoms with Crippen LogP contribution in [0.5, 0.6) is 0 Å². The number of benzene rings is 2. The molecule has 2 unspecified atom stereocenters. The summed E-state index contributed by atoms with van der Waals surface area (Å²) in [5.74, 6) is -0.907. The number of halogens is 1. The van der Waals surface area contributed by atoms with Gasteiger partial charge in [0.15, 0.2) is 0 Å². The van der Waals surface area contributed by atoms with Crippen molar-refractivity contribution in [3.05, 3.63) is 66.0 Å². The lowest BCUT2D eigenvalue weighted by Crippen LogP contribution is -2.47. The molecular weight excluding hydrogens is 359 g/mol. The molecule has 1 aliphatic heterocycles. The van der Waals surface area contributed by atoms with E-state index in [0.717, 1.165) is 5.56 Å². The fourth-order valence-electron chi connectivity index (χ4n) is 3.31. The van der Waals surface area contributed by atoms with E-state index in [1.54, 1.807) is 17.0 Å². The molecule has 0 spiro atoms. The van der Waals surface area contributed by atoms with Gasteiger partial charge in [0.05, 0.1) is 11.6 Å². The Morgan fingerprint density at radius 3 is 2.61 bits per heavy atom. The molecular formula is C21H25FN4O2. The van der Waals surface area contributed by atoms with Gasteiger partial charge in [-0.2, -0.15) is 0 Å². The van der Waals surface area contributed by atoms with E-state index in [-0.39, 0.29) is 23.6 Å². The monoisotopic (exact) mass is 384 g/mol. The largest absolute Gasteiger partial charge is 0.354 e. The first-order valence-electron chi connectivity index (χ1n) is 9.43. The van der Waals surface area contributed by atoms with Crippen molar-refractivity contribution in [1.29, 1.82) is 0 Å². The molecule has 1 saturated heterocycles. The van der Waals surface area contributed by atoms with Crippen molar-refractivity contribution in [1.82, 2.24) is 10.2 Å². The second-order valence-corrected chi connectivity index (χ2v) is 6.96. The van der Waals surface area contributed by atoms with Crippen molar-refractivity contribution >= 4 is 17.6 Å². The average Bonchev–Trinajstić information content (AvgIpc) is 2.74. The first-order valence-corrected chi connectivity index (χ1v) is 9.43. The van der Waals surface area contributed by atoms with Crippen LogP contribution < -0.4 is 16.4 Å². The number of carbonyl (C=O) groups excluding carboxylic acids is 2. The summed E-state index contributed by atoms with van der Waals surface area (Å²) in [4.78, 5) is 26.5. The molecule has 6 nitrogen and oxygen atoms in total. The zero-order chi connectivity index (χ0) is 19.9. The van der Waals surface area contributed by atoms with Gasteiger partial charge >= 0.3 is 6.03 Å². The lowest BCUT2D eigenvalue weighted by atomic mass is 9.97. The number of amides is 3. The second-order valence-electron chi connectivity index (χ2n) is 6.96. The number of likely N-dealkylation sites (tertiary alicyclic amines) is 1. The first kappa shape index (κ1) is 19.8. The number of para-hydroxylation sites is 1. The van der Waals surface area contributed by atoms with Gasteiger partial charge in [-0.3, -0.25) is 4.79 Å². The topological polar surface area (TPSA) is 87.5 Å². The van der Waals surface area contributed by atoms with Crippen LogP contribution in [0.1, 0.15) is 24.4 Å². The van der Waals surface area contributed by atoms with Gasteiger partial charge in [0.2, 0.25) is 5.91 Å². The van der Waals surface area contributed by atoms with E-state index in [9.17, 15) is 14.0 Å². The van der Waals surface area contributed by atoms with E-state index in [4.69, 9.17) is 5.73 Å². The standard InChI is InChI=1S/C21H25FN4O2/c22-17-10-4-5-11-19(17)25-21(28)26-12-6-9-16(14-26)20(27)24-13-18(23)15-7-2-1-3-8-15/h1-5,7-8,10-11,16,18H,6,9,12-14,23H2,(H,24,27)(H,25,28). The summed E-state index contributed by atoms with van der Waals surface area (Å²) < 4.78 is 13.7. The molecule has 7 heteroatoms. The van der Waals surface area contributed by atoms with Gasteiger partial charge in [-0.05, 0) is 30.5 Å². The third kappa shape index (κ3) is 5.07. The molecule has 1 fully saturated rings. The number of anilines is 1. The van der Waals surface area contributed by atoms with Crippen LogP contribution in [-0.4, -0.2) is 36.5 Å². The van der Waals surface area contributed by atoms with E-state index in [1.165, 1.54) is 12.1 Å². The highest BCUT2D eigenvalue weighted by Crippen LogP contribution is 2.19. The van der Waals surface area contributed by atoms with E-state index in [2.05, 4.69) is 10.6 Å². The highest BCUT2D eigenvalue weighted by Gasteiger charge is 2.28. The number of urea groups is 1. The summed E-state index contributed by atoms with van der Waals surface area (Å²) in [5, 5.41) is 5.46. The van der Waals surface area contributed by atoms with Crippen LogP contribution >= 0.6 is 0 Å². The van der Waals surface area contributed by atoms with E-state index in [1.807, 2.05) is 30.3 Å². The Hall–Kier alpha value is -2.93. The van der Waals surface area contributed by atoms with Gasteiger partial charge in [0.1, 0.15) is 5.82 Å². The average molecular weight is 384 g/mol. The Bertz CT molecular complexity index is 815. The molecule has 4 N–H and O–H groups in total. The highest BCUT2D eigenvalue weighted by molar-refractivity contribution is 5.90. The predicted octanol–water partition coefficient (Wildman–Crippen LogP) is 2.89. The number of hydrogen-bond donors (Lipinski definition) is 3. The van der Waals surface area contributed by atoms with Gasteiger partial charge in [-0.25, -0.2) is 9.18 Å². The molecule has 1 heterocycles. The molecule has 3 rings (SSSR count). The molecule has 2 atom stereocenters. The van der Waals surface area contributed by atoms with Gasteiger partial charge < -0.3 is 21.3 Å². The SMILES string of the molecule is NC(CNC(=O)C1CCCN(C(=O)Nc2ccccc2F)C1)c1ccccc1. The van der Waals surface area contributed by atoms with Crippen molar-refractivity contribution in [3.8, 4) is 0 Å². The maximum Gasteiger partial charge on any atom is 0.321 e. The molecule has 2 aromatic carbocycles. The van der Waals surface area contributed by atoms with Gasteiger partial charge in [0.25, 0.3) is 0 Å². The molecule has 28 heavy (non-hydrogen) atoms. The molecule has 0 aromatic heterocycles. The number of piperidine rings is 1. The lowest BCUT2D eigenvalue weighted by Gasteiger charge is -2.32. The molecule has 3 amide bonds. The second kappa shape index (κ2) is 9.32. The smallest absolute Gasteiger partial charge is 0.321 e. The predicted molar refractivity (Wildman–Crippen MR) is 106 cm³/mol. The molecule has 2 aromatic rings. The normalized spacial score (nSPS) is 17.6. The molecule has 0 aliphatic carbocycles.